The molecule has 8 heteroatoms. The first-order valence-electron chi connectivity index (χ1n) is 10.5. The van der Waals surface area contributed by atoms with Crippen LogP contribution >= 0.6 is 23.4 Å². The summed E-state index contributed by atoms with van der Waals surface area (Å²) in [5, 5.41) is 6.22. The zero-order chi connectivity index (χ0) is 21.5. The Morgan fingerprint density at radius 2 is 1.83 bits per heavy atom. The van der Waals surface area contributed by atoms with Crippen LogP contribution in [0.5, 0.6) is 5.75 Å². The molecule has 2 amide bonds. The van der Waals surface area contributed by atoms with Gasteiger partial charge >= 0.3 is 0 Å². The first kappa shape index (κ1) is 22.8. The van der Waals surface area contributed by atoms with Crippen LogP contribution in [0.4, 0.5) is 5.69 Å². The maximum atomic E-state index is 12.9. The van der Waals surface area contributed by atoms with E-state index in [1.807, 2.05) is 0 Å². The Balaban J connectivity index is 1.74. The minimum absolute atomic E-state index is 0.166. The number of methoxy groups -OCH3 is 1. The third-order valence-corrected chi connectivity index (χ3v) is 6.84. The lowest BCUT2D eigenvalue weighted by Gasteiger charge is -2.22. The maximum absolute atomic E-state index is 12.9. The number of ether oxygens (including phenoxy) is 2. The molecule has 1 aromatic carbocycles. The molecule has 30 heavy (non-hydrogen) atoms. The van der Waals surface area contributed by atoms with Gasteiger partial charge < -0.3 is 20.1 Å². The van der Waals surface area contributed by atoms with E-state index in [2.05, 4.69) is 10.6 Å². The van der Waals surface area contributed by atoms with E-state index in [0.29, 0.717) is 34.3 Å². The highest BCUT2D eigenvalue weighted by Gasteiger charge is 2.23. The van der Waals surface area contributed by atoms with Crippen LogP contribution in [0.15, 0.2) is 22.8 Å². The fourth-order valence-corrected chi connectivity index (χ4v) is 4.80. The number of hydrogen-bond acceptors (Lipinski definition) is 5. The van der Waals surface area contributed by atoms with E-state index in [1.54, 1.807) is 19.1 Å². The van der Waals surface area contributed by atoms with E-state index >= 15 is 0 Å². The molecular formula is C22H29ClN2O4S. The first-order valence-corrected chi connectivity index (χ1v) is 11.8. The average molecular weight is 453 g/mol. The summed E-state index contributed by atoms with van der Waals surface area (Å²) in [4.78, 5) is 26.1. The second-order valence-corrected chi connectivity index (χ2v) is 9.10. The summed E-state index contributed by atoms with van der Waals surface area (Å²) in [6, 6.07) is 3.32. The van der Waals surface area contributed by atoms with Crippen molar-refractivity contribution in [2.75, 3.05) is 24.8 Å². The molecule has 0 unspecified atom stereocenters. The lowest BCUT2D eigenvalue weighted by atomic mass is 9.96. The predicted octanol–water partition coefficient (Wildman–Crippen LogP) is 5.12. The zero-order valence-electron chi connectivity index (χ0n) is 17.5. The van der Waals surface area contributed by atoms with E-state index in [1.165, 1.54) is 38.1 Å². The Kier molecular flexibility index (Phi) is 8.33. The van der Waals surface area contributed by atoms with Crippen LogP contribution in [0.2, 0.25) is 5.02 Å². The number of halogens is 1. The second kappa shape index (κ2) is 11.0. The quantitative estimate of drug-likeness (QED) is 0.648. The Morgan fingerprint density at radius 1 is 1.13 bits per heavy atom. The van der Waals surface area contributed by atoms with Crippen molar-refractivity contribution in [1.29, 1.82) is 0 Å². The highest BCUT2D eigenvalue weighted by Crippen LogP contribution is 2.33. The molecule has 1 aromatic rings. The van der Waals surface area contributed by atoms with Gasteiger partial charge in [-0.05, 0) is 25.8 Å². The van der Waals surface area contributed by atoms with Crippen LogP contribution in [0, 0.1) is 0 Å². The number of carbonyl (C=O) groups is 2. The molecule has 1 heterocycles. The van der Waals surface area contributed by atoms with E-state index in [-0.39, 0.29) is 22.9 Å². The summed E-state index contributed by atoms with van der Waals surface area (Å²) in [5.74, 6) is 1.20. The van der Waals surface area contributed by atoms with Gasteiger partial charge in [0.15, 0.2) is 0 Å². The van der Waals surface area contributed by atoms with Crippen LogP contribution in [0.25, 0.3) is 0 Å². The monoisotopic (exact) mass is 452 g/mol. The predicted molar refractivity (Wildman–Crippen MR) is 121 cm³/mol. The van der Waals surface area contributed by atoms with Crippen molar-refractivity contribution in [3.63, 3.8) is 0 Å². The van der Waals surface area contributed by atoms with Crippen molar-refractivity contribution in [3.8, 4) is 5.75 Å². The molecule has 0 bridgehead atoms. The van der Waals surface area contributed by atoms with E-state index in [4.69, 9.17) is 21.1 Å². The van der Waals surface area contributed by atoms with Crippen molar-refractivity contribution < 1.29 is 19.1 Å². The van der Waals surface area contributed by atoms with Crippen LogP contribution in [-0.4, -0.2) is 37.3 Å². The van der Waals surface area contributed by atoms with E-state index < -0.39 is 0 Å². The Labute approximate surface area is 187 Å². The van der Waals surface area contributed by atoms with Gasteiger partial charge in [-0.25, -0.2) is 0 Å². The largest absolute Gasteiger partial charge is 0.496 e. The number of amides is 2. The smallest absolute Gasteiger partial charge is 0.265 e. The molecular weight excluding hydrogens is 424 g/mol. The van der Waals surface area contributed by atoms with Gasteiger partial charge in [0.2, 0.25) is 0 Å². The summed E-state index contributed by atoms with van der Waals surface area (Å²) in [6.07, 6.45) is 7.95. The highest BCUT2D eigenvalue weighted by molar-refractivity contribution is 8.04. The topological polar surface area (TPSA) is 76.7 Å². The molecule has 1 aliphatic heterocycles. The molecule has 0 radical (unpaired) electrons. The molecule has 6 nitrogen and oxygen atoms in total. The summed E-state index contributed by atoms with van der Waals surface area (Å²) < 4.78 is 10.9. The van der Waals surface area contributed by atoms with Gasteiger partial charge in [0, 0.05) is 17.9 Å². The normalized spacial score (nSPS) is 18.1. The minimum Gasteiger partial charge on any atom is -0.496 e. The van der Waals surface area contributed by atoms with Gasteiger partial charge in [-0.1, -0.05) is 43.7 Å². The maximum Gasteiger partial charge on any atom is 0.265 e. The summed E-state index contributed by atoms with van der Waals surface area (Å²) in [6.45, 7) is 2.36. The first-order chi connectivity index (χ1) is 14.5. The molecule has 0 spiro atoms. The lowest BCUT2D eigenvalue weighted by molar-refractivity contribution is -0.112. The number of hydrogen-bond donors (Lipinski definition) is 2. The van der Waals surface area contributed by atoms with Gasteiger partial charge in [-0.15, -0.1) is 11.8 Å². The molecule has 0 atom stereocenters. The highest BCUT2D eigenvalue weighted by atomic mass is 35.5. The van der Waals surface area contributed by atoms with Gasteiger partial charge in [-0.2, -0.15) is 0 Å². The molecule has 1 saturated carbocycles. The second-order valence-electron chi connectivity index (χ2n) is 7.58. The van der Waals surface area contributed by atoms with Crippen molar-refractivity contribution in [3.05, 3.63) is 33.4 Å². The van der Waals surface area contributed by atoms with Crippen molar-refractivity contribution in [2.45, 2.75) is 57.9 Å². The SMILES string of the molecule is COc1cc(NC(=O)C2=C(C)OCCS2)c(Cl)cc1C(=O)NC1CCCCCCC1. The lowest BCUT2D eigenvalue weighted by Crippen LogP contribution is -2.35. The standard InChI is InChI=1S/C22H29ClN2O4S/c1-14-20(30-11-10-29-14)22(27)25-18-13-19(28-2)16(12-17(18)23)21(26)24-15-8-6-4-3-5-7-9-15/h12-13,15H,3-11H2,1-2H3,(H,24,26)(H,25,27). The molecule has 3 rings (SSSR count). The Bertz CT molecular complexity index is 820. The minimum atomic E-state index is -0.284. The number of benzene rings is 1. The van der Waals surface area contributed by atoms with Crippen LogP contribution in [0.1, 0.15) is 62.2 Å². The van der Waals surface area contributed by atoms with Crippen molar-refractivity contribution >= 4 is 40.9 Å². The Morgan fingerprint density at radius 3 is 2.50 bits per heavy atom. The number of allylic oxidation sites excluding steroid dienone is 1. The number of rotatable bonds is 5. The fraction of sp³-hybridized carbons (Fsp3) is 0.545. The molecule has 1 aliphatic carbocycles. The van der Waals surface area contributed by atoms with Gasteiger partial charge in [0.1, 0.15) is 16.4 Å². The van der Waals surface area contributed by atoms with Crippen molar-refractivity contribution in [1.82, 2.24) is 5.32 Å². The molecule has 2 aliphatic rings. The third-order valence-electron chi connectivity index (χ3n) is 5.40. The molecule has 164 valence electrons. The number of anilines is 1. The van der Waals surface area contributed by atoms with Crippen LogP contribution in [0.3, 0.4) is 0 Å². The summed E-state index contributed by atoms with van der Waals surface area (Å²) in [7, 11) is 1.50. The number of carbonyl (C=O) groups excluding carboxylic acids is 2. The molecule has 0 saturated heterocycles. The van der Waals surface area contributed by atoms with E-state index in [9.17, 15) is 9.59 Å². The number of thioether (sulfide) groups is 1. The summed E-state index contributed by atoms with van der Waals surface area (Å²) in [5.41, 5.74) is 0.765. The number of nitrogens with one attached hydrogen (secondary N) is 2. The van der Waals surface area contributed by atoms with Gasteiger partial charge in [-0.3, -0.25) is 9.59 Å². The Hall–Kier alpha value is -1.86. The molecule has 1 fully saturated rings. The average Bonchev–Trinajstić information content (AvgIpc) is 2.71. The summed E-state index contributed by atoms with van der Waals surface area (Å²) >= 11 is 7.86. The fourth-order valence-electron chi connectivity index (χ4n) is 3.77. The molecule has 0 aromatic heterocycles. The molecule has 2 N–H and O–H groups in total. The van der Waals surface area contributed by atoms with Crippen LogP contribution < -0.4 is 15.4 Å². The third kappa shape index (κ3) is 5.85. The zero-order valence-corrected chi connectivity index (χ0v) is 19.1. The van der Waals surface area contributed by atoms with Crippen LogP contribution in [-0.2, 0) is 9.53 Å². The van der Waals surface area contributed by atoms with Crippen molar-refractivity contribution in [2.24, 2.45) is 0 Å². The van der Waals surface area contributed by atoms with E-state index in [0.717, 1.165) is 31.4 Å². The van der Waals surface area contributed by atoms with Gasteiger partial charge in [0.25, 0.3) is 11.8 Å². The van der Waals surface area contributed by atoms with Gasteiger partial charge in [0.05, 0.1) is 30.0 Å².